The van der Waals surface area contributed by atoms with Crippen LogP contribution in [0.25, 0.3) is 0 Å². The third kappa shape index (κ3) is 2.84. The van der Waals surface area contributed by atoms with Crippen LogP contribution in [0, 0.1) is 17.5 Å². The lowest BCUT2D eigenvalue weighted by atomic mass is 10.1. The summed E-state index contributed by atoms with van der Waals surface area (Å²) in [4.78, 5) is 12.0. The van der Waals surface area contributed by atoms with Gasteiger partial charge in [0.25, 0.3) is 0 Å². The van der Waals surface area contributed by atoms with Crippen LogP contribution in [0.2, 0.25) is 0 Å². The second-order valence-electron chi connectivity index (χ2n) is 5.39. The van der Waals surface area contributed by atoms with Gasteiger partial charge in [-0.25, -0.2) is 13.2 Å². The summed E-state index contributed by atoms with van der Waals surface area (Å²) in [5.41, 5.74) is 2.09. The van der Waals surface area contributed by atoms with E-state index in [0.29, 0.717) is 6.07 Å². The fraction of sp³-hybridized carbons (Fsp3) is 0.235. The highest BCUT2D eigenvalue weighted by Gasteiger charge is 2.23. The highest BCUT2D eigenvalue weighted by Crippen LogP contribution is 2.30. The molecule has 1 atom stereocenters. The predicted octanol–water partition coefficient (Wildman–Crippen LogP) is 3.45. The van der Waals surface area contributed by atoms with Crippen molar-refractivity contribution in [2.45, 2.75) is 25.3 Å². The van der Waals surface area contributed by atoms with Crippen LogP contribution in [0.1, 0.15) is 29.2 Å². The minimum Gasteiger partial charge on any atom is -0.349 e. The molecule has 3 rings (SSSR count). The number of benzene rings is 2. The first-order valence-corrected chi connectivity index (χ1v) is 7.05. The SMILES string of the molecule is O=C(Cc1cc(F)c(F)cc1F)N[C@H]1CCc2ccccc21. The number of hydrogen-bond acceptors (Lipinski definition) is 1. The molecule has 1 aliphatic rings. The van der Waals surface area contributed by atoms with Crippen LogP contribution in [0.5, 0.6) is 0 Å². The Labute approximate surface area is 126 Å². The summed E-state index contributed by atoms with van der Waals surface area (Å²) in [6.45, 7) is 0. The molecule has 1 amide bonds. The van der Waals surface area contributed by atoms with Crippen molar-refractivity contribution < 1.29 is 18.0 Å². The number of halogens is 3. The molecule has 22 heavy (non-hydrogen) atoms. The lowest BCUT2D eigenvalue weighted by molar-refractivity contribution is -0.121. The third-order valence-corrected chi connectivity index (χ3v) is 3.91. The van der Waals surface area contributed by atoms with E-state index in [4.69, 9.17) is 0 Å². The van der Waals surface area contributed by atoms with Crippen LogP contribution in [0.15, 0.2) is 36.4 Å². The molecule has 0 unspecified atom stereocenters. The first kappa shape index (κ1) is 14.6. The van der Waals surface area contributed by atoms with Gasteiger partial charge in [0.15, 0.2) is 11.6 Å². The van der Waals surface area contributed by atoms with Gasteiger partial charge in [-0.15, -0.1) is 0 Å². The van der Waals surface area contributed by atoms with Gasteiger partial charge in [0.2, 0.25) is 5.91 Å². The molecule has 0 aliphatic heterocycles. The molecule has 0 bridgehead atoms. The fourth-order valence-corrected chi connectivity index (χ4v) is 2.82. The van der Waals surface area contributed by atoms with Crippen LogP contribution < -0.4 is 5.32 Å². The molecule has 2 nitrogen and oxygen atoms in total. The minimum absolute atomic E-state index is 0.114. The van der Waals surface area contributed by atoms with Gasteiger partial charge in [-0.1, -0.05) is 24.3 Å². The normalized spacial score (nSPS) is 16.4. The molecule has 0 fully saturated rings. The predicted molar refractivity (Wildman–Crippen MR) is 75.7 cm³/mol. The largest absolute Gasteiger partial charge is 0.349 e. The standard InChI is InChI=1S/C17H14F3NO/c18-13-9-15(20)14(19)7-11(13)8-17(22)21-16-6-5-10-3-1-2-4-12(10)16/h1-4,7,9,16H,5-6,8H2,(H,21,22)/t16-/m0/s1. The van der Waals surface area contributed by atoms with Crippen molar-refractivity contribution in [3.63, 3.8) is 0 Å². The smallest absolute Gasteiger partial charge is 0.225 e. The monoisotopic (exact) mass is 305 g/mol. The summed E-state index contributed by atoms with van der Waals surface area (Å²) >= 11 is 0. The van der Waals surface area contributed by atoms with Gasteiger partial charge in [0, 0.05) is 11.6 Å². The van der Waals surface area contributed by atoms with Crippen molar-refractivity contribution in [3.05, 3.63) is 70.5 Å². The zero-order valence-corrected chi connectivity index (χ0v) is 11.7. The van der Waals surface area contributed by atoms with Gasteiger partial charge in [-0.3, -0.25) is 4.79 Å². The fourth-order valence-electron chi connectivity index (χ4n) is 2.82. The molecular formula is C17H14F3NO. The zero-order valence-electron chi connectivity index (χ0n) is 11.7. The zero-order chi connectivity index (χ0) is 15.7. The summed E-state index contributed by atoms with van der Waals surface area (Å²) in [5, 5.41) is 2.82. The number of carbonyl (C=O) groups is 1. The maximum absolute atomic E-state index is 13.6. The Balaban J connectivity index is 1.70. The van der Waals surface area contributed by atoms with E-state index in [2.05, 4.69) is 5.32 Å². The van der Waals surface area contributed by atoms with Gasteiger partial charge < -0.3 is 5.32 Å². The van der Waals surface area contributed by atoms with Crippen LogP contribution in [-0.4, -0.2) is 5.91 Å². The van der Waals surface area contributed by atoms with Crippen molar-refractivity contribution in [3.8, 4) is 0 Å². The Bertz CT molecular complexity index is 730. The van der Waals surface area contributed by atoms with E-state index in [9.17, 15) is 18.0 Å². The Hall–Kier alpha value is -2.30. The van der Waals surface area contributed by atoms with Gasteiger partial charge in [0.05, 0.1) is 12.5 Å². The molecule has 0 radical (unpaired) electrons. The summed E-state index contributed by atoms with van der Waals surface area (Å²) in [6, 6.07) is 8.88. The molecule has 1 aliphatic carbocycles. The van der Waals surface area contributed by atoms with Gasteiger partial charge >= 0.3 is 0 Å². The van der Waals surface area contributed by atoms with E-state index >= 15 is 0 Å². The topological polar surface area (TPSA) is 29.1 Å². The molecule has 0 saturated heterocycles. The molecule has 0 saturated carbocycles. The summed E-state index contributed by atoms with van der Waals surface area (Å²) in [7, 11) is 0. The Morgan fingerprint density at radius 1 is 1.09 bits per heavy atom. The van der Waals surface area contributed by atoms with Gasteiger partial charge in [-0.05, 0) is 30.0 Å². The molecule has 0 aromatic heterocycles. The summed E-state index contributed by atoms with van der Waals surface area (Å²) in [6.07, 6.45) is 1.34. The van der Waals surface area contributed by atoms with Gasteiger partial charge in [0.1, 0.15) is 5.82 Å². The Morgan fingerprint density at radius 3 is 2.64 bits per heavy atom. The van der Waals surface area contributed by atoms with E-state index in [1.165, 1.54) is 5.56 Å². The average Bonchev–Trinajstić information content (AvgIpc) is 2.88. The second kappa shape index (κ2) is 5.83. The lowest BCUT2D eigenvalue weighted by Gasteiger charge is -2.14. The van der Waals surface area contributed by atoms with E-state index < -0.39 is 23.4 Å². The van der Waals surface area contributed by atoms with Crippen LogP contribution >= 0.6 is 0 Å². The molecule has 0 heterocycles. The minimum atomic E-state index is -1.26. The summed E-state index contributed by atoms with van der Waals surface area (Å²) < 4.78 is 39.6. The summed E-state index contributed by atoms with van der Waals surface area (Å²) in [5.74, 6) is -3.74. The number of carbonyl (C=O) groups excluding carboxylic acids is 1. The van der Waals surface area contributed by atoms with E-state index in [1.807, 2.05) is 24.3 Å². The number of amides is 1. The Kier molecular flexibility index (Phi) is 3.88. The van der Waals surface area contributed by atoms with Crippen molar-refractivity contribution >= 4 is 5.91 Å². The van der Waals surface area contributed by atoms with Crippen LogP contribution in [0.4, 0.5) is 13.2 Å². The Morgan fingerprint density at radius 2 is 1.82 bits per heavy atom. The highest BCUT2D eigenvalue weighted by atomic mass is 19.2. The highest BCUT2D eigenvalue weighted by molar-refractivity contribution is 5.79. The lowest BCUT2D eigenvalue weighted by Crippen LogP contribution is -2.28. The van der Waals surface area contributed by atoms with Crippen molar-refractivity contribution in [1.82, 2.24) is 5.32 Å². The van der Waals surface area contributed by atoms with Crippen molar-refractivity contribution in [1.29, 1.82) is 0 Å². The number of nitrogens with one attached hydrogen (secondary N) is 1. The molecule has 5 heteroatoms. The molecule has 114 valence electrons. The maximum Gasteiger partial charge on any atom is 0.225 e. The molecule has 0 spiro atoms. The van der Waals surface area contributed by atoms with E-state index in [0.717, 1.165) is 24.5 Å². The third-order valence-electron chi connectivity index (χ3n) is 3.91. The number of hydrogen-bond donors (Lipinski definition) is 1. The number of rotatable bonds is 3. The first-order valence-electron chi connectivity index (χ1n) is 7.05. The molecular weight excluding hydrogens is 291 g/mol. The number of aryl methyl sites for hydroxylation is 1. The molecule has 1 N–H and O–H groups in total. The van der Waals surface area contributed by atoms with Crippen LogP contribution in [-0.2, 0) is 17.6 Å². The van der Waals surface area contributed by atoms with E-state index in [-0.39, 0.29) is 18.0 Å². The van der Waals surface area contributed by atoms with Crippen LogP contribution in [0.3, 0.4) is 0 Å². The average molecular weight is 305 g/mol. The quantitative estimate of drug-likeness (QED) is 0.865. The second-order valence-corrected chi connectivity index (χ2v) is 5.39. The van der Waals surface area contributed by atoms with Crippen molar-refractivity contribution in [2.24, 2.45) is 0 Å². The number of fused-ring (bicyclic) bond motifs is 1. The first-order chi connectivity index (χ1) is 10.5. The molecule has 2 aromatic rings. The van der Waals surface area contributed by atoms with Gasteiger partial charge in [-0.2, -0.15) is 0 Å². The van der Waals surface area contributed by atoms with E-state index in [1.54, 1.807) is 0 Å². The maximum atomic E-state index is 13.6. The molecule has 2 aromatic carbocycles. The van der Waals surface area contributed by atoms with Crippen molar-refractivity contribution in [2.75, 3.05) is 0 Å².